The summed E-state index contributed by atoms with van der Waals surface area (Å²) in [5, 5.41) is 22.2. The fourth-order valence-corrected chi connectivity index (χ4v) is 2.84. The maximum atomic E-state index is 12.1. The van der Waals surface area contributed by atoms with Crippen molar-refractivity contribution in [3.63, 3.8) is 0 Å². The Kier molecular flexibility index (Phi) is 6.84. The lowest BCUT2D eigenvalue weighted by molar-refractivity contribution is 0.0136. The molecule has 1 aliphatic rings. The summed E-state index contributed by atoms with van der Waals surface area (Å²) in [4.78, 5) is 13.8. The zero-order chi connectivity index (χ0) is 17.7. The summed E-state index contributed by atoms with van der Waals surface area (Å²) >= 11 is 0. The molecule has 1 rings (SSSR count). The number of rotatable bonds is 5. The molecule has 2 atom stereocenters. The van der Waals surface area contributed by atoms with E-state index >= 15 is 0 Å². The van der Waals surface area contributed by atoms with Crippen LogP contribution < -0.4 is 5.32 Å². The average Bonchev–Trinajstić information content (AvgIpc) is 2.44. The van der Waals surface area contributed by atoms with E-state index in [1.165, 1.54) is 0 Å². The second-order valence-electron chi connectivity index (χ2n) is 7.72. The Morgan fingerprint density at radius 1 is 1.39 bits per heavy atom. The third-order valence-electron chi connectivity index (χ3n) is 4.07. The summed E-state index contributed by atoms with van der Waals surface area (Å²) in [6.45, 7) is 10.9. The standard InChI is InChI=1S/C17H31N3O3/c1-13(19-11-14(2)21)10-17(12-18)6-8-20(9-7-17)15(22)23-16(3,4)5/h13-14,19,21H,6-11H2,1-5H3. The minimum atomic E-state index is -0.500. The number of aliphatic hydroxyl groups excluding tert-OH is 1. The van der Waals surface area contributed by atoms with Crippen LogP contribution in [0.25, 0.3) is 0 Å². The summed E-state index contributed by atoms with van der Waals surface area (Å²) in [7, 11) is 0. The van der Waals surface area contributed by atoms with E-state index in [0.29, 0.717) is 32.5 Å². The minimum Gasteiger partial charge on any atom is -0.444 e. The molecule has 1 saturated heterocycles. The highest BCUT2D eigenvalue weighted by molar-refractivity contribution is 5.68. The molecule has 2 unspecified atom stereocenters. The zero-order valence-electron chi connectivity index (χ0n) is 15.1. The Bertz CT molecular complexity index is 429. The first kappa shape index (κ1) is 19.7. The van der Waals surface area contributed by atoms with Crippen molar-refractivity contribution in [2.45, 2.75) is 71.6 Å². The first-order chi connectivity index (χ1) is 10.6. The Hall–Kier alpha value is -1.32. The van der Waals surface area contributed by atoms with E-state index in [9.17, 15) is 15.2 Å². The summed E-state index contributed by atoms with van der Waals surface area (Å²) in [5.74, 6) is 0. The van der Waals surface area contributed by atoms with E-state index in [-0.39, 0.29) is 12.1 Å². The van der Waals surface area contributed by atoms with Gasteiger partial charge in [0.05, 0.1) is 17.6 Å². The van der Waals surface area contributed by atoms with Gasteiger partial charge >= 0.3 is 6.09 Å². The number of nitriles is 1. The van der Waals surface area contributed by atoms with E-state index < -0.39 is 17.1 Å². The van der Waals surface area contributed by atoms with Crippen LogP contribution in [0.4, 0.5) is 4.79 Å². The van der Waals surface area contributed by atoms with Crippen LogP contribution >= 0.6 is 0 Å². The van der Waals surface area contributed by atoms with Crippen LogP contribution in [-0.2, 0) is 4.74 Å². The number of aliphatic hydroxyl groups is 1. The van der Waals surface area contributed by atoms with Gasteiger partial charge in [-0.3, -0.25) is 0 Å². The molecule has 2 N–H and O–H groups in total. The van der Waals surface area contributed by atoms with Gasteiger partial charge in [-0.05, 0) is 53.9 Å². The lowest BCUT2D eigenvalue weighted by Gasteiger charge is -2.39. The summed E-state index contributed by atoms with van der Waals surface area (Å²) in [6, 6.07) is 2.61. The number of hydrogen-bond donors (Lipinski definition) is 2. The van der Waals surface area contributed by atoms with Crippen molar-refractivity contribution in [1.29, 1.82) is 5.26 Å². The number of hydrogen-bond acceptors (Lipinski definition) is 5. The lowest BCUT2D eigenvalue weighted by Crippen LogP contribution is -2.46. The fourth-order valence-electron chi connectivity index (χ4n) is 2.84. The van der Waals surface area contributed by atoms with Crippen LogP contribution in [0.15, 0.2) is 0 Å². The quantitative estimate of drug-likeness (QED) is 0.810. The van der Waals surface area contributed by atoms with Crippen molar-refractivity contribution in [2.75, 3.05) is 19.6 Å². The van der Waals surface area contributed by atoms with Gasteiger partial charge in [0.2, 0.25) is 0 Å². The van der Waals surface area contributed by atoms with Crippen LogP contribution in [0.1, 0.15) is 53.9 Å². The van der Waals surface area contributed by atoms with Crippen LogP contribution in [0.3, 0.4) is 0 Å². The van der Waals surface area contributed by atoms with Crippen LogP contribution in [-0.4, -0.2) is 53.5 Å². The Labute approximate surface area is 139 Å². The van der Waals surface area contributed by atoms with Gasteiger partial charge in [0.15, 0.2) is 0 Å². The van der Waals surface area contributed by atoms with Crippen molar-refractivity contribution >= 4 is 6.09 Å². The highest BCUT2D eigenvalue weighted by atomic mass is 16.6. The first-order valence-corrected chi connectivity index (χ1v) is 8.37. The molecule has 6 heteroatoms. The molecule has 1 heterocycles. The van der Waals surface area contributed by atoms with Crippen molar-refractivity contribution in [3.05, 3.63) is 0 Å². The Morgan fingerprint density at radius 3 is 2.39 bits per heavy atom. The molecule has 6 nitrogen and oxygen atoms in total. The van der Waals surface area contributed by atoms with Crippen molar-refractivity contribution in [1.82, 2.24) is 10.2 Å². The Balaban J connectivity index is 2.53. The summed E-state index contributed by atoms with van der Waals surface area (Å²) < 4.78 is 5.39. The number of piperidine rings is 1. The highest BCUT2D eigenvalue weighted by Gasteiger charge is 2.38. The number of likely N-dealkylation sites (tertiary alicyclic amines) is 1. The molecule has 0 aromatic carbocycles. The number of amides is 1. The molecule has 23 heavy (non-hydrogen) atoms. The van der Waals surface area contributed by atoms with Gasteiger partial charge in [-0.15, -0.1) is 0 Å². The highest BCUT2D eigenvalue weighted by Crippen LogP contribution is 2.35. The van der Waals surface area contributed by atoms with Crippen LogP contribution in [0.5, 0.6) is 0 Å². The maximum Gasteiger partial charge on any atom is 0.410 e. The van der Waals surface area contributed by atoms with Crippen LogP contribution in [0.2, 0.25) is 0 Å². The normalized spacial score (nSPS) is 20.5. The van der Waals surface area contributed by atoms with Crippen molar-refractivity contribution in [3.8, 4) is 6.07 Å². The van der Waals surface area contributed by atoms with Gasteiger partial charge in [-0.2, -0.15) is 5.26 Å². The minimum absolute atomic E-state index is 0.150. The predicted molar refractivity (Wildman–Crippen MR) is 88.8 cm³/mol. The molecule has 0 radical (unpaired) electrons. The van der Waals surface area contributed by atoms with Crippen molar-refractivity contribution in [2.24, 2.45) is 5.41 Å². The lowest BCUT2D eigenvalue weighted by atomic mass is 9.75. The SMILES string of the molecule is CC(O)CNC(C)CC1(C#N)CCN(C(=O)OC(C)(C)C)CC1. The second-order valence-corrected chi connectivity index (χ2v) is 7.72. The van der Waals surface area contributed by atoms with Gasteiger partial charge in [0.25, 0.3) is 0 Å². The molecule has 1 aliphatic heterocycles. The van der Waals surface area contributed by atoms with Gasteiger partial charge in [-0.1, -0.05) is 0 Å². The topological polar surface area (TPSA) is 85.6 Å². The molecular formula is C17H31N3O3. The average molecular weight is 325 g/mol. The van der Waals surface area contributed by atoms with Gasteiger partial charge in [-0.25, -0.2) is 4.79 Å². The molecule has 132 valence electrons. The summed E-state index contributed by atoms with van der Waals surface area (Å²) in [6.07, 6.45) is 1.33. The molecule has 0 saturated carbocycles. The van der Waals surface area contributed by atoms with E-state index in [1.807, 2.05) is 27.7 Å². The van der Waals surface area contributed by atoms with Gasteiger partial charge in [0, 0.05) is 25.7 Å². The first-order valence-electron chi connectivity index (χ1n) is 8.37. The summed E-state index contributed by atoms with van der Waals surface area (Å²) in [5.41, 5.74) is -0.913. The van der Waals surface area contributed by atoms with E-state index in [2.05, 4.69) is 11.4 Å². The second kappa shape index (κ2) is 7.98. The fraction of sp³-hybridized carbons (Fsp3) is 0.882. The molecule has 1 fully saturated rings. The molecule has 0 aromatic heterocycles. The van der Waals surface area contributed by atoms with Gasteiger partial charge in [0.1, 0.15) is 5.60 Å². The van der Waals surface area contributed by atoms with E-state index in [1.54, 1.807) is 11.8 Å². The van der Waals surface area contributed by atoms with E-state index in [0.717, 1.165) is 6.42 Å². The number of nitrogens with zero attached hydrogens (tertiary/aromatic N) is 2. The van der Waals surface area contributed by atoms with E-state index in [4.69, 9.17) is 4.74 Å². The largest absolute Gasteiger partial charge is 0.444 e. The molecular weight excluding hydrogens is 294 g/mol. The molecule has 0 spiro atoms. The predicted octanol–water partition coefficient (Wildman–Crippen LogP) is 2.28. The number of carbonyl (C=O) groups is 1. The third kappa shape index (κ3) is 6.76. The zero-order valence-corrected chi connectivity index (χ0v) is 15.1. The number of nitrogens with one attached hydrogen (secondary N) is 1. The Morgan fingerprint density at radius 2 is 1.96 bits per heavy atom. The smallest absolute Gasteiger partial charge is 0.410 e. The maximum absolute atomic E-state index is 12.1. The number of ether oxygens (including phenoxy) is 1. The van der Waals surface area contributed by atoms with Crippen LogP contribution in [0, 0.1) is 16.7 Å². The number of carbonyl (C=O) groups excluding carboxylic acids is 1. The molecule has 0 aromatic rings. The molecule has 1 amide bonds. The molecule has 0 bridgehead atoms. The third-order valence-corrected chi connectivity index (χ3v) is 4.07. The van der Waals surface area contributed by atoms with Crippen molar-refractivity contribution < 1.29 is 14.6 Å². The molecule has 0 aliphatic carbocycles. The monoisotopic (exact) mass is 325 g/mol. The van der Waals surface area contributed by atoms with Gasteiger partial charge < -0.3 is 20.1 Å².